The fourth-order valence-electron chi connectivity index (χ4n) is 10.3. The van der Waals surface area contributed by atoms with E-state index in [9.17, 15) is 31.0 Å². The van der Waals surface area contributed by atoms with E-state index < -0.39 is 20.2 Å². The van der Waals surface area contributed by atoms with Crippen LogP contribution in [0.4, 0.5) is 11.4 Å². The van der Waals surface area contributed by atoms with Gasteiger partial charge in [-0.3, -0.25) is 9.11 Å². The van der Waals surface area contributed by atoms with Crippen molar-refractivity contribution in [2.45, 2.75) is 83.5 Å². The molecular weight excluding hydrogens is 829 g/mol. The van der Waals surface area contributed by atoms with E-state index in [4.69, 9.17) is 0 Å². The lowest BCUT2D eigenvalue weighted by Gasteiger charge is -2.28. The van der Waals surface area contributed by atoms with Crippen molar-refractivity contribution in [1.82, 2.24) is 0 Å². The lowest BCUT2D eigenvalue weighted by molar-refractivity contribution is -0.438. The van der Waals surface area contributed by atoms with Crippen molar-refractivity contribution in [2.24, 2.45) is 0 Å². The molecule has 0 aromatic heterocycles. The average molecular weight is 886 g/mol. The number of phenolic OH excluding ortho intramolecular Hbond substituents is 1. The number of hydrogen-bond donors (Lipinski definition) is 3. The second-order valence-corrected chi connectivity index (χ2v) is 21.3. The van der Waals surface area contributed by atoms with Crippen LogP contribution < -0.4 is 4.90 Å². The number of rotatable bonds is 14. The van der Waals surface area contributed by atoms with Crippen molar-refractivity contribution < 1.29 is 35.6 Å². The van der Waals surface area contributed by atoms with Gasteiger partial charge in [-0.15, -0.1) is 0 Å². The van der Waals surface area contributed by atoms with Gasteiger partial charge in [0.25, 0.3) is 20.2 Å². The van der Waals surface area contributed by atoms with Gasteiger partial charge in [-0.2, -0.15) is 21.4 Å². The topological polar surface area (TPSA) is 135 Å². The number of phenols is 1. The summed E-state index contributed by atoms with van der Waals surface area (Å²) in [6, 6.07) is 32.9. The summed E-state index contributed by atoms with van der Waals surface area (Å²) < 4.78 is 67.8. The van der Waals surface area contributed by atoms with Crippen LogP contribution in [0, 0.1) is 0 Å². The summed E-state index contributed by atoms with van der Waals surface area (Å²) in [5.74, 6) is -0.361. The number of nitrogens with zero attached hydrogens (tertiary/aromatic N) is 2. The first kappa shape index (κ1) is 44.3. The highest BCUT2D eigenvalue weighted by Crippen LogP contribution is 2.51. The second kappa shape index (κ2) is 17.3. The molecule has 5 aromatic rings. The van der Waals surface area contributed by atoms with Crippen molar-refractivity contribution in [1.29, 1.82) is 0 Å². The van der Waals surface area contributed by atoms with Crippen LogP contribution in [-0.2, 0) is 31.1 Å². The largest absolute Gasteiger partial charge is 0.508 e. The molecule has 3 N–H and O–H groups in total. The molecular formula is C52H57N2O7S2+. The SMILES string of the molecule is CC1(C)C(/C=C/C2=C(c3ccc(O)cc3)C(=C/C=C3/N(CCCCS(=O)(=O)O)c4ccc5ccccc5c4C3(C)C)/CCC2)=[N+](CCCCS(=O)(=O)O)c2ccc3ccccc3c21. The minimum absolute atomic E-state index is 0.195. The molecule has 0 spiro atoms. The fraction of sp³-hybridized carbons (Fsp3) is 0.327. The van der Waals surface area contributed by atoms with E-state index in [-0.39, 0.29) is 28.1 Å². The first-order chi connectivity index (χ1) is 29.9. The molecule has 0 bridgehead atoms. The molecule has 2 aliphatic heterocycles. The number of unbranched alkanes of at least 4 members (excludes halogenated alkanes) is 2. The maximum Gasteiger partial charge on any atom is 0.264 e. The summed E-state index contributed by atoms with van der Waals surface area (Å²) in [5.41, 5.74) is 10.6. The Hall–Kier alpha value is -5.33. The Bertz CT molecular complexity index is 2990. The number of fused-ring (bicyclic) bond motifs is 6. The van der Waals surface area contributed by atoms with Gasteiger partial charge in [0.15, 0.2) is 5.71 Å². The van der Waals surface area contributed by atoms with Gasteiger partial charge in [0, 0.05) is 47.5 Å². The molecule has 0 fully saturated rings. The Morgan fingerprint density at radius 1 is 0.667 bits per heavy atom. The van der Waals surface area contributed by atoms with Crippen molar-refractivity contribution >= 4 is 64.4 Å². The molecule has 63 heavy (non-hydrogen) atoms. The van der Waals surface area contributed by atoms with Crippen LogP contribution in [0.1, 0.15) is 89.3 Å². The molecule has 11 heteroatoms. The van der Waals surface area contributed by atoms with E-state index >= 15 is 0 Å². The van der Waals surface area contributed by atoms with Gasteiger partial charge >= 0.3 is 0 Å². The molecule has 0 unspecified atom stereocenters. The summed E-state index contributed by atoms with van der Waals surface area (Å²) in [4.78, 5) is 2.32. The molecule has 328 valence electrons. The molecule has 0 atom stereocenters. The van der Waals surface area contributed by atoms with Crippen molar-refractivity contribution in [3.05, 3.63) is 155 Å². The maximum atomic E-state index is 11.6. The number of anilines is 1. The fourth-order valence-corrected chi connectivity index (χ4v) is 11.4. The first-order valence-electron chi connectivity index (χ1n) is 21.9. The van der Waals surface area contributed by atoms with Crippen molar-refractivity contribution in [2.75, 3.05) is 29.5 Å². The van der Waals surface area contributed by atoms with Gasteiger partial charge in [0.2, 0.25) is 5.69 Å². The first-order valence-corrected chi connectivity index (χ1v) is 25.2. The summed E-state index contributed by atoms with van der Waals surface area (Å²) >= 11 is 0. The third kappa shape index (κ3) is 9.07. The smallest absolute Gasteiger partial charge is 0.264 e. The Morgan fingerprint density at radius 2 is 1.29 bits per heavy atom. The minimum atomic E-state index is -4.07. The van der Waals surface area contributed by atoms with Crippen LogP contribution in [0.2, 0.25) is 0 Å². The second-order valence-electron chi connectivity index (χ2n) is 18.2. The number of aromatic hydroxyl groups is 1. The van der Waals surface area contributed by atoms with Gasteiger partial charge in [0.1, 0.15) is 12.3 Å². The summed E-state index contributed by atoms with van der Waals surface area (Å²) in [5, 5.41) is 15.1. The molecule has 0 radical (unpaired) electrons. The highest BCUT2D eigenvalue weighted by atomic mass is 32.2. The summed E-state index contributed by atoms with van der Waals surface area (Å²) in [7, 11) is -8.13. The molecule has 8 rings (SSSR count). The third-order valence-corrected chi connectivity index (χ3v) is 14.8. The van der Waals surface area contributed by atoms with Crippen molar-refractivity contribution in [3.63, 3.8) is 0 Å². The summed E-state index contributed by atoms with van der Waals surface area (Å²) in [6.45, 7) is 10.2. The Labute approximate surface area is 372 Å². The normalized spacial score (nSPS) is 18.7. The van der Waals surface area contributed by atoms with Gasteiger partial charge in [0.05, 0.1) is 16.9 Å². The minimum Gasteiger partial charge on any atom is -0.508 e. The van der Waals surface area contributed by atoms with E-state index in [0.29, 0.717) is 38.8 Å². The molecule has 0 saturated carbocycles. The number of hydrogen-bond acceptors (Lipinski definition) is 6. The molecule has 9 nitrogen and oxygen atoms in total. The van der Waals surface area contributed by atoms with Gasteiger partial charge in [-0.05, 0) is 132 Å². The van der Waals surface area contributed by atoms with Gasteiger partial charge in [-0.1, -0.05) is 92.7 Å². The molecule has 5 aromatic carbocycles. The van der Waals surface area contributed by atoms with E-state index in [1.54, 1.807) is 12.1 Å². The monoisotopic (exact) mass is 885 g/mol. The highest BCUT2D eigenvalue weighted by Gasteiger charge is 2.45. The molecule has 0 saturated heterocycles. The zero-order chi connectivity index (χ0) is 44.7. The van der Waals surface area contributed by atoms with Crippen LogP contribution >= 0.6 is 0 Å². The lowest BCUT2D eigenvalue weighted by atomic mass is 9.78. The standard InChI is InChI=1S/C52H56N2O7S2/c1-51(2)46(53(32-9-11-34-62(56,57)58)44-28-22-36-14-5-7-18-42(36)49(44)51)30-24-38-16-13-17-39(48(38)40-20-26-41(55)27-21-40)25-31-47-52(3,4)50-43-19-8-6-15-37(43)23-29-45(50)54(47)33-10-12-35-63(59,60)61/h5-8,14-15,18-31H,9-13,16-17,32-35H2,1-4H3,(H2,56,57,58,59,60,61)/p+1/b38-24+,46-30+. The summed E-state index contributed by atoms with van der Waals surface area (Å²) in [6.07, 6.45) is 13.5. The van der Waals surface area contributed by atoms with Crippen LogP contribution in [-0.4, -0.2) is 65.9 Å². The van der Waals surface area contributed by atoms with Crippen LogP contribution in [0.15, 0.2) is 138 Å². The number of allylic oxidation sites excluding steroid dienone is 8. The van der Waals surface area contributed by atoms with Crippen LogP contribution in [0.5, 0.6) is 5.75 Å². The quantitative estimate of drug-likeness (QED) is 0.0570. The van der Waals surface area contributed by atoms with Gasteiger partial charge < -0.3 is 10.0 Å². The zero-order valence-electron chi connectivity index (χ0n) is 36.5. The predicted molar refractivity (Wildman–Crippen MR) is 257 cm³/mol. The Morgan fingerprint density at radius 3 is 1.95 bits per heavy atom. The molecule has 2 heterocycles. The van der Waals surface area contributed by atoms with Crippen LogP contribution in [0.25, 0.3) is 27.1 Å². The highest BCUT2D eigenvalue weighted by molar-refractivity contribution is 7.86. The van der Waals surface area contributed by atoms with E-state index in [1.807, 2.05) is 12.1 Å². The van der Waals surface area contributed by atoms with E-state index in [1.165, 1.54) is 33.0 Å². The van der Waals surface area contributed by atoms with Crippen LogP contribution in [0.3, 0.4) is 0 Å². The Balaban J connectivity index is 1.23. The number of benzene rings is 5. The van der Waals surface area contributed by atoms with Gasteiger partial charge in [-0.25, -0.2) is 0 Å². The average Bonchev–Trinajstić information content (AvgIpc) is 3.60. The zero-order valence-corrected chi connectivity index (χ0v) is 38.1. The molecule has 0 amide bonds. The predicted octanol–water partition coefficient (Wildman–Crippen LogP) is 11.2. The van der Waals surface area contributed by atoms with E-state index in [2.05, 4.69) is 134 Å². The third-order valence-electron chi connectivity index (χ3n) is 13.2. The molecule has 1 aliphatic carbocycles. The Kier molecular flexibility index (Phi) is 12.2. The maximum absolute atomic E-state index is 11.6. The van der Waals surface area contributed by atoms with Crippen molar-refractivity contribution in [3.8, 4) is 5.75 Å². The van der Waals surface area contributed by atoms with E-state index in [0.717, 1.165) is 64.0 Å². The molecule has 3 aliphatic rings. The lowest BCUT2D eigenvalue weighted by Crippen LogP contribution is -2.28.